The number of Topliss-reactive ketones (excluding diaryl/α,β-unsaturated/α-hetero) is 1. The predicted octanol–water partition coefficient (Wildman–Crippen LogP) is 4.67. The van der Waals surface area contributed by atoms with Crippen molar-refractivity contribution in [2.24, 2.45) is 0 Å². The smallest absolute Gasteiger partial charge is 0.226 e. The summed E-state index contributed by atoms with van der Waals surface area (Å²) in [6.45, 7) is 2.33. The van der Waals surface area contributed by atoms with E-state index >= 15 is 0 Å². The number of hydrogen-bond donors (Lipinski definition) is 1. The fourth-order valence-electron chi connectivity index (χ4n) is 3.56. The highest BCUT2D eigenvalue weighted by molar-refractivity contribution is 5.97. The molecule has 2 N–H and O–H groups in total. The topological polar surface area (TPSA) is 85.5 Å². The first-order valence-corrected chi connectivity index (χ1v) is 10.9. The van der Waals surface area contributed by atoms with Crippen LogP contribution in [0.2, 0.25) is 0 Å². The molecule has 2 aromatic carbocycles. The monoisotopic (exact) mass is 449 g/mol. The molecule has 6 nitrogen and oxygen atoms in total. The summed E-state index contributed by atoms with van der Waals surface area (Å²) in [6.07, 6.45) is 2.73. The van der Waals surface area contributed by atoms with Crippen LogP contribution in [0.1, 0.15) is 35.7 Å². The van der Waals surface area contributed by atoms with Crippen LogP contribution in [-0.2, 0) is 16.0 Å². The van der Waals surface area contributed by atoms with E-state index in [4.69, 9.17) is 10.5 Å². The minimum absolute atomic E-state index is 0.00167. The lowest BCUT2D eigenvalue weighted by atomic mass is 9.99. The molecular weight excluding hydrogens is 421 g/mol. The number of aryl methyl sites for hydroxylation is 1. The molecule has 1 aromatic heterocycles. The van der Waals surface area contributed by atoms with E-state index in [0.29, 0.717) is 36.4 Å². The zero-order valence-corrected chi connectivity index (χ0v) is 18.9. The predicted molar refractivity (Wildman–Crippen MR) is 128 cm³/mol. The van der Waals surface area contributed by atoms with Crippen LogP contribution in [0, 0.1) is 5.82 Å². The molecular formula is C26H28FN3O3. The van der Waals surface area contributed by atoms with Gasteiger partial charge in [-0.05, 0) is 41.3 Å². The fourth-order valence-corrected chi connectivity index (χ4v) is 3.56. The van der Waals surface area contributed by atoms with E-state index in [0.717, 1.165) is 11.1 Å². The van der Waals surface area contributed by atoms with Gasteiger partial charge in [-0.3, -0.25) is 9.59 Å². The van der Waals surface area contributed by atoms with E-state index in [1.54, 1.807) is 55.6 Å². The number of pyridine rings is 1. The highest BCUT2D eigenvalue weighted by Gasteiger charge is 2.18. The molecule has 0 saturated heterocycles. The number of benzene rings is 2. The van der Waals surface area contributed by atoms with Crippen LogP contribution in [0.5, 0.6) is 0 Å². The van der Waals surface area contributed by atoms with Crippen LogP contribution in [0.15, 0.2) is 60.8 Å². The molecule has 1 heterocycles. The minimum Gasteiger partial charge on any atom is -0.383 e. The van der Waals surface area contributed by atoms with Crippen molar-refractivity contribution in [3.8, 4) is 11.1 Å². The van der Waals surface area contributed by atoms with E-state index < -0.39 is 5.82 Å². The fraction of sp³-hybridized carbons (Fsp3) is 0.269. The second-order valence-electron chi connectivity index (χ2n) is 7.61. The number of carbonyl (C=O) groups excluding carboxylic acids is 2. The van der Waals surface area contributed by atoms with Gasteiger partial charge in [0.2, 0.25) is 5.91 Å². The van der Waals surface area contributed by atoms with E-state index in [2.05, 4.69) is 4.98 Å². The van der Waals surface area contributed by atoms with Gasteiger partial charge in [0, 0.05) is 38.3 Å². The van der Waals surface area contributed by atoms with Crippen LogP contribution in [-0.4, -0.2) is 36.9 Å². The SMILES string of the molecule is CCC(=O)N(CCOC)c1ccc(-c2ccc(C(=O)CCc3cccnc3N)cc2)cc1F. The van der Waals surface area contributed by atoms with Crippen molar-refractivity contribution in [3.63, 3.8) is 0 Å². The number of methoxy groups -OCH3 is 1. The standard InChI is InChI=1S/C26H28FN3O3/c1-3-25(32)30(15-16-33-2)23-12-10-21(17-22(23)27)18-6-8-19(9-7-18)24(31)13-11-20-5-4-14-29-26(20)28/h4-10,12,14,17H,3,11,13,15-16H2,1-2H3,(H2,28,29). The van der Waals surface area contributed by atoms with Gasteiger partial charge >= 0.3 is 0 Å². The van der Waals surface area contributed by atoms with Gasteiger partial charge in [0.15, 0.2) is 5.78 Å². The van der Waals surface area contributed by atoms with Gasteiger partial charge in [0.05, 0.1) is 12.3 Å². The van der Waals surface area contributed by atoms with Crippen molar-refractivity contribution in [1.29, 1.82) is 0 Å². The van der Waals surface area contributed by atoms with Gasteiger partial charge in [-0.15, -0.1) is 0 Å². The van der Waals surface area contributed by atoms with Crippen molar-refractivity contribution in [1.82, 2.24) is 4.98 Å². The Morgan fingerprint density at radius 1 is 1.09 bits per heavy atom. The molecule has 0 atom stereocenters. The number of rotatable bonds is 10. The third-order valence-electron chi connectivity index (χ3n) is 5.45. The number of nitrogens with zero attached hydrogens (tertiary/aromatic N) is 2. The molecule has 7 heteroatoms. The summed E-state index contributed by atoms with van der Waals surface area (Å²) in [6, 6.07) is 15.5. The second kappa shape index (κ2) is 11.3. The number of amides is 1. The molecule has 172 valence electrons. The molecule has 0 radical (unpaired) electrons. The Morgan fingerprint density at radius 2 is 1.82 bits per heavy atom. The van der Waals surface area contributed by atoms with Gasteiger partial charge in [-0.1, -0.05) is 43.3 Å². The molecule has 3 aromatic rings. The lowest BCUT2D eigenvalue weighted by Gasteiger charge is -2.23. The molecule has 0 aliphatic rings. The number of hydrogen-bond acceptors (Lipinski definition) is 5. The highest BCUT2D eigenvalue weighted by atomic mass is 19.1. The zero-order chi connectivity index (χ0) is 23.8. The number of ether oxygens (including phenoxy) is 1. The number of carbonyl (C=O) groups is 2. The van der Waals surface area contributed by atoms with Crippen LogP contribution < -0.4 is 10.6 Å². The number of halogens is 1. The van der Waals surface area contributed by atoms with Crippen molar-refractivity contribution in [2.75, 3.05) is 30.9 Å². The van der Waals surface area contributed by atoms with Gasteiger partial charge in [-0.25, -0.2) is 9.37 Å². The summed E-state index contributed by atoms with van der Waals surface area (Å²) in [5, 5.41) is 0. The van der Waals surface area contributed by atoms with Crippen molar-refractivity contribution >= 4 is 23.2 Å². The summed E-state index contributed by atoms with van der Waals surface area (Å²) in [4.78, 5) is 30.2. The van der Waals surface area contributed by atoms with Crippen LogP contribution in [0.3, 0.4) is 0 Å². The maximum absolute atomic E-state index is 14.9. The molecule has 0 saturated carbocycles. The third kappa shape index (κ3) is 6.02. The summed E-state index contributed by atoms with van der Waals surface area (Å²) in [5.74, 6) is -0.222. The van der Waals surface area contributed by atoms with Crippen LogP contribution in [0.4, 0.5) is 15.9 Å². The molecule has 0 aliphatic heterocycles. The van der Waals surface area contributed by atoms with E-state index in [1.807, 2.05) is 6.07 Å². The minimum atomic E-state index is -0.486. The Kier molecular flexibility index (Phi) is 8.27. The van der Waals surface area contributed by atoms with Crippen molar-refractivity contribution in [3.05, 3.63) is 77.7 Å². The van der Waals surface area contributed by atoms with Crippen molar-refractivity contribution in [2.45, 2.75) is 26.2 Å². The summed E-state index contributed by atoms with van der Waals surface area (Å²) in [7, 11) is 1.54. The Hall–Kier alpha value is -3.58. The maximum atomic E-state index is 14.9. The number of nitrogen functional groups attached to an aromatic ring is 1. The number of nitrogens with two attached hydrogens (primary N) is 1. The third-order valence-corrected chi connectivity index (χ3v) is 5.45. The average Bonchev–Trinajstić information content (AvgIpc) is 2.84. The Labute approximate surface area is 193 Å². The van der Waals surface area contributed by atoms with Crippen molar-refractivity contribution < 1.29 is 18.7 Å². The van der Waals surface area contributed by atoms with Gasteiger partial charge in [0.25, 0.3) is 0 Å². The second-order valence-corrected chi connectivity index (χ2v) is 7.61. The number of ketones is 1. The first-order valence-electron chi connectivity index (χ1n) is 10.9. The zero-order valence-electron chi connectivity index (χ0n) is 18.9. The normalized spacial score (nSPS) is 10.8. The molecule has 0 unspecified atom stereocenters. The quantitative estimate of drug-likeness (QED) is 0.455. The average molecular weight is 450 g/mol. The molecule has 0 spiro atoms. The molecule has 0 bridgehead atoms. The van der Waals surface area contributed by atoms with Gasteiger partial charge in [0.1, 0.15) is 11.6 Å². The molecule has 0 fully saturated rings. The molecule has 33 heavy (non-hydrogen) atoms. The largest absolute Gasteiger partial charge is 0.383 e. The number of anilines is 2. The molecule has 3 rings (SSSR count). The lowest BCUT2D eigenvalue weighted by Crippen LogP contribution is -2.34. The number of aromatic nitrogens is 1. The van der Waals surface area contributed by atoms with Gasteiger partial charge < -0.3 is 15.4 Å². The summed E-state index contributed by atoms with van der Waals surface area (Å²) >= 11 is 0. The Morgan fingerprint density at radius 3 is 2.45 bits per heavy atom. The highest BCUT2D eigenvalue weighted by Crippen LogP contribution is 2.27. The Balaban J connectivity index is 1.72. The first-order chi connectivity index (χ1) is 15.9. The maximum Gasteiger partial charge on any atom is 0.226 e. The first kappa shape index (κ1) is 24.1. The molecule has 0 aliphatic carbocycles. The van der Waals surface area contributed by atoms with Crippen LogP contribution in [0.25, 0.3) is 11.1 Å². The Bertz CT molecular complexity index is 1120. The van der Waals surface area contributed by atoms with E-state index in [9.17, 15) is 14.0 Å². The summed E-state index contributed by atoms with van der Waals surface area (Å²) in [5.41, 5.74) is 8.93. The van der Waals surface area contributed by atoms with Crippen LogP contribution >= 0.6 is 0 Å². The van der Waals surface area contributed by atoms with E-state index in [-0.39, 0.29) is 30.3 Å². The van der Waals surface area contributed by atoms with Gasteiger partial charge in [-0.2, -0.15) is 0 Å². The lowest BCUT2D eigenvalue weighted by molar-refractivity contribution is -0.118. The molecule has 1 amide bonds. The summed E-state index contributed by atoms with van der Waals surface area (Å²) < 4.78 is 20.0. The van der Waals surface area contributed by atoms with E-state index in [1.165, 1.54) is 18.1 Å².